The molecule has 2 N–H and O–H groups in total. The third-order valence-corrected chi connectivity index (χ3v) is 3.44. The van der Waals surface area contributed by atoms with Gasteiger partial charge in [0.2, 0.25) is 5.91 Å². The normalized spacial score (nSPS) is 16.3. The van der Waals surface area contributed by atoms with Gasteiger partial charge in [0, 0.05) is 13.1 Å². The van der Waals surface area contributed by atoms with Gasteiger partial charge in [-0.25, -0.2) is 0 Å². The van der Waals surface area contributed by atoms with Gasteiger partial charge in [0.1, 0.15) is 0 Å². The third kappa shape index (κ3) is 7.14. The second-order valence-corrected chi connectivity index (χ2v) is 5.19. The molecule has 0 aliphatic carbocycles. The summed E-state index contributed by atoms with van der Waals surface area (Å²) in [6.45, 7) is 7.24. The Morgan fingerprint density at radius 1 is 1.47 bits per heavy atom. The van der Waals surface area contributed by atoms with Crippen LogP contribution in [0.5, 0.6) is 0 Å². The van der Waals surface area contributed by atoms with E-state index >= 15 is 0 Å². The quantitative estimate of drug-likeness (QED) is 0.636. The fraction of sp³-hybridized carbons (Fsp3) is 0.857. The first-order valence-corrected chi connectivity index (χ1v) is 7.33. The van der Waals surface area contributed by atoms with Gasteiger partial charge >= 0.3 is 0 Å². The summed E-state index contributed by atoms with van der Waals surface area (Å²) in [6, 6.07) is 2.03. The van der Waals surface area contributed by atoms with Crippen molar-refractivity contribution >= 4 is 5.91 Å². The zero-order chi connectivity index (χ0) is 13.9. The predicted molar refractivity (Wildman–Crippen MR) is 75.6 cm³/mol. The summed E-state index contributed by atoms with van der Waals surface area (Å²) in [7, 11) is 0. The Bertz CT molecular complexity index is 294. The van der Waals surface area contributed by atoms with Crippen LogP contribution in [0.15, 0.2) is 0 Å². The van der Waals surface area contributed by atoms with Crippen molar-refractivity contribution in [3.8, 4) is 6.07 Å². The van der Waals surface area contributed by atoms with Crippen LogP contribution >= 0.6 is 0 Å². The van der Waals surface area contributed by atoms with E-state index in [-0.39, 0.29) is 5.91 Å². The highest BCUT2D eigenvalue weighted by molar-refractivity contribution is 5.77. The van der Waals surface area contributed by atoms with E-state index in [0.29, 0.717) is 25.4 Å². The van der Waals surface area contributed by atoms with E-state index < -0.39 is 0 Å². The van der Waals surface area contributed by atoms with Crippen LogP contribution in [0.25, 0.3) is 0 Å². The van der Waals surface area contributed by atoms with Crippen LogP contribution in [0.3, 0.4) is 0 Å². The van der Waals surface area contributed by atoms with Gasteiger partial charge in [-0.15, -0.1) is 0 Å². The Morgan fingerprint density at radius 2 is 2.21 bits per heavy atom. The number of nitrogens with one attached hydrogen (secondary N) is 2. The van der Waals surface area contributed by atoms with Crippen molar-refractivity contribution in [1.29, 1.82) is 5.26 Å². The summed E-state index contributed by atoms with van der Waals surface area (Å²) < 4.78 is 0. The van der Waals surface area contributed by atoms with Crippen LogP contribution in [0, 0.1) is 17.2 Å². The molecule has 1 saturated heterocycles. The second-order valence-electron chi connectivity index (χ2n) is 5.19. The SMILES string of the molecule is CCCN(CC(=O)NCCC#N)CC1CCNCC1. The molecule has 0 spiro atoms. The molecule has 5 heteroatoms. The maximum absolute atomic E-state index is 11.8. The summed E-state index contributed by atoms with van der Waals surface area (Å²) in [4.78, 5) is 14.0. The van der Waals surface area contributed by atoms with Crippen molar-refractivity contribution in [2.75, 3.05) is 39.3 Å². The minimum absolute atomic E-state index is 0.0395. The molecule has 5 nitrogen and oxygen atoms in total. The molecule has 0 unspecified atom stereocenters. The average Bonchev–Trinajstić information content (AvgIpc) is 2.40. The number of carbonyl (C=O) groups excluding carboxylic acids is 1. The number of amides is 1. The first-order chi connectivity index (χ1) is 9.26. The van der Waals surface area contributed by atoms with Crippen LogP contribution in [0.1, 0.15) is 32.6 Å². The number of piperidine rings is 1. The molecule has 0 aromatic carbocycles. The highest BCUT2D eigenvalue weighted by Crippen LogP contribution is 2.13. The van der Waals surface area contributed by atoms with Crippen LogP contribution in [-0.2, 0) is 4.79 Å². The average molecular weight is 266 g/mol. The molecule has 1 rings (SSSR count). The van der Waals surface area contributed by atoms with Gasteiger partial charge in [0.15, 0.2) is 0 Å². The lowest BCUT2D eigenvalue weighted by molar-refractivity contribution is -0.122. The van der Waals surface area contributed by atoms with Crippen molar-refractivity contribution < 1.29 is 4.79 Å². The van der Waals surface area contributed by atoms with E-state index in [0.717, 1.165) is 32.6 Å². The van der Waals surface area contributed by atoms with Crippen molar-refractivity contribution in [1.82, 2.24) is 15.5 Å². The molecule has 0 bridgehead atoms. The Hall–Kier alpha value is -1.12. The first kappa shape index (κ1) is 15.9. The van der Waals surface area contributed by atoms with Crippen LogP contribution < -0.4 is 10.6 Å². The molecule has 0 radical (unpaired) electrons. The van der Waals surface area contributed by atoms with Gasteiger partial charge in [-0.2, -0.15) is 5.26 Å². The topological polar surface area (TPSA) is 68.2 Å². The molecule has 108 valence electrons. The zero-order valence-corrected chi connectivity index (χ0v) is 12.0. The number of rotatable bonds is 8. The maximum Gasteiger partial charge on any atom is 0.234 e. The predicted octanol–water partition coefficient (Wildman–Crippen LogP) is 0.728. The van der Waals surface area contributed by atoms with E-state index in [9.17, 15) is 4.79 Å². The van der Waals surface area contributed by atoms with E-state index in [4.69, 9.17) is 5.26 Å². The fourth-order valence-corrected chi connectivity index (χ4v) is 2.50. The number of nitriles is 1. The van der Waals surface area contributed by atoms with Gasteiger partial charge in [-0.3, -0.25) is 9.69 Å². The van der Waals surface area contributed by atoms with Crippen LogP contribution in [0.2, 0.25) is 0 Å². The van der Waals surface area contributed by atoms with E-state index in [1.165, 1.54) is 12.8 Å². The summed E-state index contributed by atoms with van der Waals surface area (Å²) >= 11 is 0. The van der Waals surface area contributed by atoms with Gasteiger partial charge in [-0.1, -0.05) is 6.92 Å². The van der Waals surface area contributed by atoms with Crippen molar-refractivity contribution in [2.45, 2.75) is 32.6 Å². The molecule has 1 amide bonds. The Kier molecular flexibility index (Phi) is 8.19. The van der Waals surface area contributed by atoms with Crippen molar-refractivity contribution in [3.63, 3.8) is 0 Å². The summed E-state index contributed by atoms with van der Waals surface area (Å²) in [6.07, 6.45) is 3.86. The lowest BCUT2D eigenvalue weighted by Crippen LogP contribution is -2.42. The maximum atomic E-state index is 11.8. The van der Waals surface area contributed by atoms with Gasteiger partial charge in [-0.05, 0) is 44.8 Å². The molecule has 1 aliphatic rings. The number of hydrogen-bond acceptors (Lipinski definition) is 4. The van der Waals surface area contributed by atoms with Crippen molar-refractivity contribution in [3.05, 3.63) is 0 Å². The second kappa shape index (κ2) is 9.76. The monoisotopic (exact) mass is 266 g/mol. The fourth-order valence-electron chi connectivity index (χ4n) is 2.50. The van der Waals surface area contributed by atoms with Gasteiger partial charge < -0.3 is 10.6 Å². The Morgan fingerprint density at radius 3 is 2.84 bits per heavy atom. The minimum atomic E-state index is 0.0395. The van der Waals surface area contributed by atoms with Crippen LogP contribution in [-0.4, -0.2) is 50.1 Å². The molecule has 0 aromatic heterocycles. The Balaban J connectivity index is 2.30. The lowest BCUT2D eigenvalue weighted by Gasteiger charge is -2.29. The Labute approximate surface area is 116 Å². The minimum Gasteiger partial charge on any atom is -0.354 e. The summed E-state index contributed by atoms with van der Waals surface area (Å²) in [5.41, 5.74) is 0. The highest BCUT2D eigenvalue weighted by Gasteiger charge is 2.18. The largest absolute Gasteiger partial charge is 0.354 e. The van der Waals surface area contributed by atoms with Gasteiger partial charge in [0.25, 0.3) is 0 Å². The summed E-state index contributed by atoms with van der Waals surface area (Å²) in [5, 5.41) is 14.6. The van der Waals surface area contributed by atoms with Crippen molar-refractivity contribution in [2.24, 2.45) is 5.92 Å². The van der Waals surface area contributed by atoms with E-state index in [1.54, 1.807) is 0 Å². The zero-order valence-electron chi connectivity index (χ0n) is 12.0. The molecular formula is C14H26N4O. The van der Waals surface area contributed by atoms with E-state index in [2.05, 4.69) is 22.5 Å². The number of hydrogen-bond donors (Lipinski definition) is 2. The smallest absolute Gasteiger partial charge is 0.234 e. The lowest BCUT2D eigenvalue weighted by atomic mass is 9.97. The van der Waals surface area contributed by atoms with E-state index in [1.807, 2.05) is 6.07 Å². The number of carbonyl (C=O) groups is 1. The molecule has 0 aromatic rings. The first-order valence-electron chi connectivity index (χ1n) is 7.33. The van der Waals surface area contributed by atoms with Crippen LogP contribution in [0.4, 0.5) is 0 Å². The molecule has 1 aliphatic heterocycles. The molecule has 1 fully saturated rings. The third-order valence-electron chi connectivity index (χ3n) is 3.44. The number of nitrogens with zero attached hydrogens (tertiary/aromatic N) is 2. The molecule has 1 heterocycles. The summed E-state index contributed by atoms with van der Waals surface area (Å²) in [5.74, 6) is 0.748. The molecular weight excluding hydrogens is 240 g/mol. The standard InChI is InChI=1S/C14H26N4O/c1-2-10-18(11-13-4-8-16-9-5-13)12-14(19)17-7-3-6-15/h13,16H,2-5,7-12H2,1H3,(H,17,19). The molecule has 0 atom stereocenters. The molecule has 0 saturated carbocycles. The highest BCUT2D eigenvalue weighted by atomic mass is 16.2. The van der Waals surface area contributed by atoms with Gasteiger partial charge in [0.05, 0.1) is 19.0 Å². The molecule has 19 heavy (non-hydrogen) atoms.